The third kappa shape index (κ3) is 6.94. The number of hydrogen-bond donors (Lipinski definition) is 1. The van der Waals surface area contributed by atoms with Crippen LogP contribution in [0.5, 0.6) is 0 Å². The molecule has 2 N–H and O–H groups in total. The van der Waals surface area contributed by atoms with Crippen LogP contribution in [0.1, 0.15) is 47.0 Å². The highest BCUT2D eigenvalue weighted by molar-refractivity contribution is 5.87. The maximum absolute atomic E-state index is 13.1. The van der Waals surface area contributed by atoms with Crippen molar-refractivity contribution in [3.63, 3.8) is 0 Å². The lowest BCUT2D eigenvalue weighted by Gasteiger charge is -2.37. The molecule has 2 atom stereocenters. The molecule has 7 heteroatoms. The maximum atomic E-state index is 13.1. The highest BCUT2D eigenvalue weighted by Crippen LogP contribution is 2.27. The summed E-state index contributed by atoms with van der Waals surface area (Å²) in [6.45, 7) is 10.9. The number of hydrogen-bond acceptors (Lipinski definition) is 5. The van der Waals surface area contributed by atoms with E-state index in [-0.39, 0.29) is 30.2 Å². The molecule has 0 aromatic heterocycles. The van der Waals surface area contributed by atoms with E-state index < -0.39 is 5.92 Å². The molecule has 1 aliphatic rings. The van der Waals surface area contributed by atoms with Crippen molar-refractivity contribution in [2.24, 2.45) is 23.5 Å². The summed E-state index contributed by atoms with van der Waals surface area (Å²) in [5.41, 5.74) is 5.60. The van der Waals surface area contributed by atoms with Crippen molar-refractivity contribution >= 4 is 17.8 Å². The summed E-state index contributed by atoms with van der Waals surface area (Å²) in [5.74, 6) is -1.05. The Balaban J connectivity index is 2.71. The highest BCUT2D eigenvalue weighted by atomic mass is 16.5. The van der Waals surface area contributed by atoms with Gasteiger partial charge in [-0.25, -0.2) is 0 Å². The van der Waals surface area contributed by atoms with Crippen LogP contribution >= 0.6 is 0 Å². The molecule has 1 heterocycles. The molecule has 1 saturated heterocycles. The van der Waals surface area contributed by atoms with Crippen LogP contribution in [0.15, 0.2) is 0 Å². The number of nitrogens with zero attached hydrogens (tertiary/aromatic N) is 2. The number of esters is 1. The van der Waals surface area contributed by atoms with Gasteiger partial charge in [0.05, 0.1) is 13.2 Å². The number of rotatable bonds is 10. The summed E-state index contributed by atoms with van der Waals surface area (Å²) in [5, 5.41) is 0. The minimum atomic E-state index is -0.410. The lowest BCUT2D eigenvalue weighted by molar-refractivity contribution is -0.147. The average molecular weight is 370 g/mol. The molecule has 0 aromatic carbocycles. The molecule has 26 heavy (non-hydrogen) atoms. The number of amides is 2. The molecular weight excluding hydrogens is 334 g/mol. The minimum absolute atomic E-state index is 0.0201. The molecule has 0 spiro atoms. The van der Waals surface area contributed by atoms with Gasteiger partial charge in [0.2, 0.25) is 11.8 Å². The Morgan fingerprint density at radius 2 is 1.65 bits per heavy atom. The Bertz CT molecular complexity index is 473. The first kappa shape index (κ1) is 22.4. The predicted molar refractivity (Wildman–Crippen MR) is 100 cm³/mol. The Kier molecular flexibility index (Phi) is 9.62. The second kappa shape index (κ2) is 11.2. The van der Waals surface area contributed by atoms with Crippen LogP contribution in [-0.2, 0) is 19.1 Å². The van der Waals surface area contributed by atoms with Crippen molar-refractivity contribution in [3.05, 3.63) is 0 Å². The largest absolute Gasteiger partial charge is 0.465 e. The van der Waals surface area contributed by atoms with E-state index in [9.17, 15) is 14.4 Å². The van der Waals surface area contributed by atoms with Gasteiger partial charge in [0, 0.05) is 38.0 Å². The molecule has 150 valence electrons. The second-order valence-electron chi connectivity index (χ2n) is 7.44. The summed E-state index contributed by atoms with van der Waals surface area (Å²) in [4.78, 5) is 40.4. The topological polar surface area (TPSA) is 92.9 Å². The lowest BCUT2D eigenvalue weighted by atomic mass is 9.81. The molecule has 1 rings (SSSR count). The van der Waals surface area contributed by atoms with E-state index >= 15 is 0 Å². The molecule has 1 fully saturated rings. The fraction of sp³-hybridized carbons (Fsp3) is 0.842. The van der Waals surface area contributed by atoms with Crippen LogP contribution in [0.3, 0.4) is 0 Å². The van der Waals surface area contributed by atoms with Gasteiger partial charge in [-0.05, 0) is 25.7 Å². The van der Waals surface area contributed by atoms with Gasteiger partial charge in [0.15, 0.2) is 0 Å². The first-order valence-electron chi connectivity index (χ1n) is 9.76. The van der Waals surface area contributed by atoms with Gasteiger partial charge >= 0.3 is 5.97 Å². The van der Waals surface area contributed by atoms with Gasteiger partial charge in [-0.2, -0.15) is 0 Å². The fourth-order valence-corrected chi connectivity index (χ4v) is 3.55. The number of piperazine rings is 1. The van der Waals surface area contributed by atoms with Crippen molar-refractivity contribution in [2.45, 2.75) is 47.0 Å². The number of nitrogens with two attached hydrogens (primary N) is 1. The monoisotopic (exact) mass is 369 g/mol. The molecule has 0 bridgehead atoms. The van der Waals surface area contributed by atoms with E-state index in [1.54, 1.807) is 6.92 Å². The van der Waals surface area contributed by atoms with Gasteiger partial charge in [-0.3, -0.25) is 19.3 Å². The van der Waals surface area contributed by atoms with Crippen molar-refractivity contribution in [1.29, 1.82) is 0 Å². The van der Waals surface area contributed by atoms with Gasteiger partial charge < -0.3 is 15.4 Å². The summed E-state index contributed by atoms with van der Waals surface area (Å²) in [6, 6.07) is 0. The van der Waals surface area contributed by atoms with Gasteiger partial charge in [-0.15, -0.1) is 0 Å². The molecule has 2 amide bonds. The molecule has 7 nitrogen and oxygen atoms in total. The van der Waals surface area contributed by atoms with Gasteiger partial charge in [0.25, 0.3) is 0 Å². The van der Waals surface area contributed by atoms with Gasteiger partial charge in [0.1, 0.15) is 0 Å². The Morgan fingerprint density at radius 1 is 1.04 bits per heavy atom. The Hall–Kier alpha value is -1.63. The van der Waals surface area contributed by atoms with Crippen molar-refractivity contribution in [2.75, 3.05) is 39.3 Å². The van der Waals surface area contributed by atoms with Crippen molar-refractivity contribution < 1.29 is 19.1 Å². The normalized spacial score (nSPS) is 17.8. The van der Waals surface area contributed by atoms with Crippen LogP contribution in [0.25, 0.3) is 0 Å². The van der Waals surface area contributed by atoms with E-state index in [4.69, 9.17) is 10.5 Å². The van der Waals surface area contributed by atoms with E-state index in [1.165, 1.54) is 0 Å². The summed E-state index contributed by atoms with van der Waals surface area (Å²) in [6.07, 6.45) is 2.12. The van der Waals surface area contributed by atoms with E-state index in [0.29, 0.717) is 51.5 Å². The zero-order valence-electron chi connectivity index (χ0n) is 16.7. The van der Waals surface area contributed by atoms with Crippen LogP contribution in [0.2, 0.25) is 0 Å². The molecule has 2 unspecified atom stereocenters. The van der Waals surface area contributed by atoms with Crippen molar-refractivity contribution in [1.82, 2.24) is 9.80 Å². The molecule has 0 aliphatic carbocycles. The molecule has 1 aliphatic heterocycles. The zero-order chi connectivity index (χ0) is 19.7. The standard InChI is InChI=1S/C19H35N3O4/c1-5-7-15(18(20)24)16(12-14(3)4)19(25)22-10-8-21(9-11-22)13-17(23)26-6-2/h14-16H,5-13H2,1-4H3,(H2,20,24). The fourth-order valence-electron chi connectivity index (χ4n) is 3.55. The molecule has 0 saturated carbocycles. The predicted octanol–water partition coefficient (Wildman–Crippen LogP) is 1.26. The number of carbonyl (C=O) groups excluding carboxylic acids is 3. The SMILES string of the molecule is CCCC(C(N)=O)C(CC(C)C)C(=O)N1CCN(CC(=O)OCC)CC1. The van der Waals surface area contributed by atoms with Crippen LogP contribution in [0, 0.1) is 17.8 Å². The molecular formula is C19H35N3O4. The minimum Gasteiger partial charge on any atom is -0.465 e. The summed E-state index contributed by atoms with van der Waals surface area (Å²) in [7, 11) is 0. The second-order valence-corrected chi connectivity index (χ2v) is 7.44. The maximum Gasteiger partial charge on any atom is 0.320 e. The van der Waals surface area contributed by atoms with Crippen molar-refractivity contribution in [3.8, 4) is 0 Å². The first-order chi connectivity index (χ1) is 12.3. The summed E-state index contributed by atoms with van der Waals surface area (Å²) >= 11 is 0. The zero-order valence-corrected chi connectivity index (χ0v) is 16.7. The lowest BCUT2D eigenvalue weighted by Crippen LogP contribution is -2.53. The van der Waals surface area contributed by atoms with E-state index in [2.05, 4.69) is 13.8 Å². The van der Waals surface area contributed by atoms with Crippen LogP contribution < -0.4 is 5.73 Å². The smallest absolute Gasteiger partial charge is 0.320 e. The average Bonchev–Trinajstić information content (AvgIpc) is 2.57. The van der Waals surface area contributed by atoms with Gasteiger partial charge in [-0.1, -0.05) is 27.2 Å². The quantitative estimate of drug-likeness (QED) is 0.585. The Morgan fingerprint density at radius 3 is 2.12 bits per heavy atom. The third-order valence-corrected chi connectivity index (χ3v) is 4.84. The van der Waals surface area contributed by atoms with Crippen LogP contribution in [-0.4, -0.2) is 66.9 Å². The number of ether oxygens (including phenoxy) is 1. The number of primary amides is 1. The van der Waals surface area contributed by atoms with E-state index in [1.807, 2.05) is 16.7 Å². The highest BCUT2D eigenvalue weighted by Gasteiger charge is 2.36. The molecule has 0 radical (unpaired) electrons. The summed E-state index contributed by atoms with van der Waals surface area (Å²) < 4.78 is 4.97. The van der Waals surface area contributed by atoms with E-state index in [0.717, 1.165) is 6.42 Å². The van der Waals surface area contributed by atoms with Crippen LogP contribution in [0.4, 0.5) is 0 Å². The number of carbonyl (C=O) groups is 3. The molecule has 0 aromatic rings. The first-order valence-corrected chi connectivity index (χ1v) is 9.76. The Labute approximate surface area is 157 Å². The third-order valence-electron chi connectivity index (χ3n) is 4.84.